The second-order valence-corrected chi connectivity index (χ2v) is 4.38. The molecule has 0 fully saturated rings. The van der Waals surface area contributed by atoms with E-state index in [0.717, 1.165) is 5.56 Å². The zero-order valence-electron chi connectivity index (χ0n) is 6.57. The number of hydrogen-bond donors (Lipinski definition) is 0. The van der Waals surface area contributed by atoms with Gasteiger partial charge in [0.25, 0.3) is 0 Å². The van der Waals surface area contributed by atoms with Crippen molar-refractivity contribution >= 4 is 55.2 Å². The second-order valence-electron chi connectivity index (χ2n) is 2.35. The van der Waals surface area contributed by atoms with Crippen LogP contribution in [0.25, 0.3) is 0 Å². The zero-order chi connectivity index (χ0) is 10.0. The molecule has 0 bridgehead atoms. The number of carbonyl (C=O) groups excluding carboxylic acids is 1. The van der Waals surface area contributed by atoms with Crippen LogP contribution < -0.4 is 0 Å². The number of aryl methyl sites for hydroxylation is 1. The van der Waals surface area contributed by atoms with Gasteiger partial charge in [-0.25, -0.2) is 4.79 Å². The number of benzene rings is 1. The van der Waals surface area contributed by atoms with Gasteiger partial charge in [-0.1, -0.05) is 11.6 Å². The molecule has 68 valence electrons. The van der Waals surface area contributed by atoms with Crippen LogP contribution in [0.5, 0.6) is 0 Å². The van der Waals surface area contributed by atoms with E-state index in [1.54, 1.807) is 6.07 Å². The molecule has 0 aromatic heterocycles. The van der Waals surface area contributed by atoms with Crippen molar-refractivity contribution in [2.24, 2.45) is 4.99 Å². The number of hydrogen-bond acceptors (Lipinski definition) is 2. The molecular weight excluding hydrogens is 321 g/mol. The predicted molar refractivity (Wildman–Crippen MR) is 59.4 cm³/mol. The monoisotopic (exact) mass is 323 g/mol. The summed E-state index contributed by atoms with van der Waals surface area (Å²) < 4.78 is 1.31. The second kappa shape index (κ2) is 4.38. The number of isocyanates is 1. The van der Waals surface area contributed by atoms with E-state index in [1.165, 1.54) is 6.08 Å². The van der Waals surface area contributed by atoms with Crippen LogP contribution in [-0.2, 0) is 4.79 Å². The summed E-state index contributed by atoms with van der Waals surface area (Å²) in [5.74, 6) is 0. The van der Waals surface area contributed by atoms with Crippen molar-refractivity contribution in [1.82, 2.24) is 0 Å². The molecule has 1 aromatic carbocycles. The molecule has 0 amide bonds. The summed E-state index contributed by atoms with van der Waals surface area (Å²) in [7, 11) is 0. The quantitative estimate of drug-likeness (QED) is 0.433. The Morgan fingerprint density at radius 3 is 2.69 bits per heavy atom. The summed E-state index contributed by atoms with van der Waals surface area (Å²) in [6.07, 6.45) is 1.47. The number of aliphatic imine (C=N–C) groups is 1. The fourth-order valence-corrected chi connectivity index (χ4v) is 2.51. The minimum Gasteiger partial charge on any atom is -0.211 e. The average Bonchev–Trinajstić information content (AvgIpc) is 2.09. The molecule has 5 heteroatoms. The van der Waals surface area contributed by atoms with Gasteiger partial charge in [-0.15, -0.1) is 0 Å². The molecule has 0 saturated carbocycles. The van der Waals surface area contributed by atoms with Gasteiger partial charge in [0.2, 0.25) is 6.08 Å². The molecule has 13 heavy (non-hydrogen) atoms. The van der Waals surface area contributed by atoms with E-state index in [-0.39, 0.29) is 0 Å². The van der Waals surface area contributed by atoms with Gasteiger partial charge in [0.15, 0.2) is 0 Å². The van der Waals surface area contributed by atoms with Gasteiger partial charge in [0.05, 0.1) is 9.50 Å². The Morgan fingerprint density at radius 2 is 2.15 bits per heavy atom. The van der Waals surface area contributed by atoms with Crippen LogP contribution in [0.3, 0.4) is 0 Å². The Hall–Kier alpha value is -0.150. The van der Waals surface area contributed by atoms with Crippen LogP contribution in [-0.4, -0.2) is 6.08 Å². The molecule has 0 atom stereocenters. The van der Waals surface area contributed by atoms with E-state index in [9.17, 15) is 4.79 Å². The molecule has 0 N–H and O–H groups in total. The lowest BCUT2D eigenvalue weighted by atomic mass is 10.2. The third-order valence-electron chi connectivity index (χ3n) is 1.47. The fraction of sp³-hybridized carbons (Fsp3) is 0.125. The van der Waals surface area contributed by atoms with Gasteiger partial charge in [-0.05, 0) is 50.4 Å². The van der Waals surface area contributed by atoms with Crippen molar-refractivity contribution in [2.45, 2.75) is 6.92 Å². The lowest BCUT2D eigenvalue weighted by Gasteiger charge is -2.05. The molecule has 0 radical (unpaired) electrons. The maximum Gasteiger partial charge on any atom is 0.240 e. The third kappa shape index (κ3) is 2.20. The molecule has 0 heterocycles. The molecule has 0 saturated heterocycles. The van der Waals surface area contributed by atoms with Crippen molar-refractivity contribution in [3.63, 3.8) is 0 Å². The fourth-order valence-electron chi connectivity index (χ4n) is 0.852. The van der Waals surface area contributed by atoms with E-state index < -0.39 is 0 Å². The molecular formula is C8H4Br2ClNO. The van der Waals surface area contributed by atoms with Crippen molar-refractivity contribution in [2.75, 3.05) is 0 Å². The lowest BCUT2D eigenvalue weighted by Crippen LogP contribution is -1.80. The maximum atomic E-state index is 10.1. The highest BCUT2D eigenvalue weighted by molar-refractivity contribution is 9.11. The minimum atomic E-state index is 0.464. The Bertz CT molecular complexity index is 400. The third-order valence-corrected chi connectivity index (χ3v) is 3.57. The first kappa shape index (κ1) is 10.9. The van der Waals surface area contributed by atoms with Gasteiger partial charge in [0, 0.05) is 4.47 Å². The molecule has 1 rings (SSSR count). The van der Waals surface area contributed by atoms with Crippen molar-refractivity contribution in [3.8, 4) is 0 Å². The minimum absolute atomic E-state index is 0.464. The van der Waals surface area contributed by atoms with Crippen LogP contribution in [0.15, 0.2) is 20.0 Å². The molecule has 0 unspecified atom stereocenters. The topological polar surface area (TPSA) is 29.4 Å². The van der Waals surface area contributed by atoms with Gasteiger partial charge < -0.3 is 0 Å². The number of halogens is 3. The Labute approximate surface area is 97.3 Å². The summed E-state index contributed by atoms with van der Waals surface area (Å²) in [5.41, 5.74) is 1.37. The van der Waals surface area contributed by atoms with Crippen LogP contribution in [0.4, 0.5) is 5.69 Å². The predicted octanol–water partition coefficient (Wildman–Crippen LogP) is 4.14. The largest absolute Gasteiger partial charge is 0.240 e. The highest BCUT2D eigenvalue weighted by Gasteiger charge is 2.10. The van der Waals surface area contributed by atoms with E-state index in [2.05, 4.69) is 36.9 Å². The van der Waals surface area contributed by atoms with Crippen LogP contribution >= 0.6 is 43.5 Å². The Morgan fingerprint density at radius 1 is 1.54 bits per heavy atom. The first-order chi connectivity index (χ1) is 6.07. The Balaban J connectivity index is 3.52. The zero-order valence-corrected chi connectivity index (χ0v) is 10.5. The highest BCUT2D eigenvalue weighted by atomic mass is 79.9. The normalized spacial score (nSPS) is 9.54. The van der Waals surface area contributed by atoms with E-state index in [4.69, 9.17) is 11.6 Å². The van der Waals surface area contributed by atoms with Crippen LogP contribution in [0, 0.1) is 6.92 Å². The van der Waals surface area contributed by atoms with Crippen molar-refractivity contribution in [1.29, 1.82) is 0 Å². The van der Waals surface area contributed by atoms with Gasteiger partial charge in [0.1, 0.15) is 5.69 Å². The number of nitrogens with zero attached hydrogens (tertiary/aromatic N) is 1. The Kier molecular flexibility index (Phi) is 3.68. The molecule has 0 spiro atoms. The summed E-state index contributed by atoms with van der Waals surface area (Å²) in [6, 6.07) is 1.79. The van der Waals surface area contributed by atoms with E-state index >= 15 is 0 Å². The van der Waals surface area contributed by atoms with E-state index in [1.807, 2.05) is 6.92 Å². The van der Waals surface area contributed by atoms with Gasteiger partial charge >= 0.3 is 0 Å². The van der Waals surface area contributed by atoms with E-state index in [0.29, 0.717) is 19.7 Å². The molecule has 1 aromatic rings. The summed E-state index contributed by atoms with van der Waals surface area (Å²) >= 11 is 12.5. The lowest BCUT2D eigenvalue weighted by molar-refractivity contribution is 0.565. The van der Waals surface area contributed by atoms with Gasteiger partial charge in [-0.3, -0.25) is 0 Å². The molecule has 0 aliphatic rings. The average molecular weight is 325 g/mol. The number of rotatable bonds is 1. The van der Waals surface area contributed by atoms with Crippen molar-refractivity contribution < 1.29 is 4.79 Å². The first-order valence-electron chi connectivity index (χ1n) is 3.30. The van der Waals surface area contributed by atoms with Crippen molar-refractivity contribution in [3.05, 3.63) is 25.6 Å². The summed E-state index contributed by atoms with van der Waals surface area (Å²) in [6.45, 7) is 1.87. The molecule has 0 aliphatic heterocycles. The SMILES string of the molecule is Cc1cc(Br)c(N=C=O)c(Br)c1Cl. The standard InChI is InChI=1S/C8H4Br2ClNO/c1-4-2-5(9)8(12-3-13)6(10)7(4)11/h2H,1H3. The molecule has 2 nitrogen and oxygen atoms in total. The highest BCUT2D eigenvalue weighted by Crippen LogP contribution is 2.40. The first-order valence-corrected chi connectivity index (χ1v) is 5.26. The maximum absolute atomic E-state index is 10.1. The summed E-state index contributed by atoms with van der Waals surface area (Å²) in [4.78, 5) is 13.6. The van der Waals surface area contributed by atoms with Crippen LogP contribution in [0.2, 0.25) is 5.02 Å². The summed E-state index contributed by atoms with van der Waals surface area (Å²) in [5, 5.41) is 0.553. The smallest absolute Gasteiger partial charge is 0.211 e. The van der Waals surface area contributed by atoms with Gasteiger partial charge in [-0.2, -0.15) is 4.99 Å². The van der Waals surface area contributed by atoms with Crippen LogP contribution in [0.1, 0.15) is 5.56 Å². The molecule has 0 aliphatic carbocycles.